The van der Waals surface area contributed by atoms with Gasteiger partial charge in [-0.3, -0.25) is 14.5 Å². The quantitative estimate of drug-likeness (QED) is 0.522. The van der Waals surface area contributed by atoms with Gasteiger partial charge in [0.05, 0.1) is 18.8 Å². The lowest BCUT2D eigenvalue weighted by atomic mass is 10.2. The number of halogens is 3. The molecule has 1 atom stereocenters. The number of nitrogens with one attached hydrogen (secondary N) is 1. The van der Waals surface area contributed by atoms with Crippen LogP contribution in [-0.2, 0) is 14.3 Å². The van der Waals surface area contributed by atoms with Crippen molar-refractivity contribution in [1.82, 2.24) is 4.90 Å². The highest BCUT2D eigenvalue weighted by atomic mass is 32.2. The molecule has 0 spiro atoms. The second-order valence-electron chi connectivity index (χ2n) is 6.62. The summed E-state index contributed by atoms with van der Waals surface area (Å²) in [6.07, 6.45) is -0.0899. The summed E-state index contributed by atoms with van der Waals surface area (Å²) in [6.45, 7) is 0.542. The third kappa shape index (κ3) is 6.75. The minimum atomic E-state index is -2.51. The van der Waals surface area contributed by atoms with Gasteiger partial charge in [-0.1, -0.05) is 23.5 Å². The zero-order valence-electron chi connectivity index (χ0n) is 17.0. The Bertz CT molecular complexity index is 973. The first-order chi connectivity index (χ1) is 15.4. The number of anilines is 1. The molecule has 0 aliphatic carbocycles. The maximum atomic E-state index is 13.0. The molecule has 170 valence electrons. The number of amides is 2. The Morgan fingerprint density at radius 1 is 1.22 bits per heavy atom. The molecule has 3 rings (SSSR count). The number of benzene rings is 2. The van der Waals surface area contributed by atoms with Crippen LogP contribution in [0, 0.1) is 5.82 Å². The van der Waals surface area contributed by atoms with Crippen molar-refractivity contribution in [3.05, 3.63) is 54.3 Å². The van der Waals surface area contributed by atoms with E-state index in [1.54, 1.807) is 12.1 Å². The molecule has 0 aromatic heterocycles. The van der Waals surface area contributed by atoms with Crippen molar-refractivity contribution in [1.29, 1.82) is 0 Å². The molecule has 1 aliphatic heterocycles. The Labute approximate surface area is 191 Å². The van der Waals surface area contributed by atoms with E-state index in [9.17, 15) is 22.8 Å². The Morgan fingerprint density at radius 2 is 1.91 bits per heavy atom. The molecule has 0 bridgehead atoms. The number of amidine groups is 1. The van der Waals surface area contributed by atoms with Crippen LogP contribution in [0.4, 0.5) is 24.5 Å². The molecule has 0 radical (unpaired) electrons. The molecule has 2 aromatic carbocycles. The Kier molecular flexibility index (Phi) is 8.60. The highest BCUT2D eigenvalue weighted by Crippen LogP contribution is 2.33. The lowest BCUT2D eigenvalue weighted by molar-refractivity contribution is -0.128. The number of carbonyl (C=O) groups excluding carboxylic acids is 2. The summed E-state index contributed by atoms with van der Waals surface area (Å²) in [5.41, 5.74) is 0.927. The third-order valence-electron chi connectivity index (χ3n) is 4.32. The van der Waals surface area contributed by atoms with Gasteiger partial charge in [0.25, 0.3) is 5.76 Å². The van der Waals surface area contributed by atoms with Crippen LogP contribution in [0.2, 0.25) is 0 Å². The Hall–Kier alpha value is -2.50. The van der Waals surface area contributed by atoms with E-state index < -0.39 is 16.8 Å². The molecule has 2 amide bonds. The number of methoxy groups -OCH3 is 1. The van der Waals surface area contributed by atoms with E-state index in [0.717, 1.165) is 11.8 Å². The van der Waals surface area contributed by atoms with Gasteiger partial charge in [-0.05, 0) is 48.5 Å². The van der Waals surface area contributed by atoms with Gasteiger partial charge in [0.1, 0.15) is 11.1 Å². The predicted octanol–water partition coefficient (Wildman–Crippen LogP) is 4.75. The van der Waals surface area contributed by atoms with Crippen LogP contribution < -0.4 is 5.32 Å². The second-order valence-corrected chi connectivity index (χ2v) is 8.85. The van der Waals surface area contributed by atoms with Gasteiger partial charge < -0.3 is 10.1 Å². The number of hydrogen-bond donors (Lipinski definition) is 1. The number of thioether (sulfide) groups is 2. The number of rotatable bonds is 9. The van der Waals surface area contributed by atoms with Gasteiger partial charge in [-0.2, -0.15) is 8.78 Å². The average molecular weight is 484 g/mol. The van der Waals surface area contributed by atoms with E-state index in [1.807, 2.05) is 0 Å². The molecule has 11 heteroatoms. The average Bonchev–Trinajstić information content (AvgIpc) is 3.03. The van der Waals surface area contributed by atoms with Gasteiger partial charge in [0, 0.05) is 24.1 Å². The van der Waals surface area contributed by atoms with Crippen LogP contribution in [0.1, 0.15) is 6.42 Å². The lowest BCUT2D eigenvalue weighted by Gasteiger charge is -2.15. The van der Waals surface area contributed by atoms with Crippen LogP contribution in [0.5, 0.6) is 0 Å². The normalized spacial score (nSPS) is 17.4. The fourth-order valence-electron chi connectivity index (χ4n) is 2.84. The summed E-state index contributed by atoms with van der Waals surface area (Å²) >= 11 is 1.59. The topological polar surface area (TPSA) is 71.0 Å². The Morgan fingerprint density at radius 3 is 2.53 bits per heavy atom. The van der Waals surface area contributed by atoms with Crippen molar-refractivity contribution in [2.24, 2.45) is 4.99 Å². The standard InChI is InChI=1S/C21H20F3N3O3S2/c1-30-11-10-27-19(29)17(12-18(28)25-14-4-2-13(22)3-5-14)32-21(27)26-15-6-8-16(9-7-15)31-20(23)24/h2-9,17,20H,10-12H2,1H3,(H,25,28). The summed E-state index contributed by atoms with van der Waals surface area (Å²) in [7, 11) is 1.51. The van der Waals surface area contributed by atoms with Crippen LogP contribution in [0.3, 0.4) is 0 Å². The minimum Gasteiger partial charge on any atom is -0.383 e. The molecule has 32 heavy (non-hydrogen) atoms. The molecule has 1 unspecified atom stereocenters. The van der Waals surface area contributed by atoms with E-state index in [2.05, 4.69) is 10.3 Å². The highest BCUT2D eigenvalue weighted by molar-refractivity contribution is 8.15. The minimum absolute atomic E-state index is 0.0899. The van der Waals surface area contributed by atoms with Crippen LogP contribution in [0.25, 0.3) is 0 Å². The van der Waals surface area contributed by atoms with Gasteiger partial charge in [0.15, 0.2) is 5.17 Å². The van der Waals surface area contributed by atoms with E-state index in [0.29, 0.717) is 33.2 Å². The van der Waals surface area contributed by atoms with Gasteiger partial charge >= 0.3 is 0 Å². The molecule has 1 aliphatic rings. The Balaban J connectivity index is 1.71. The SMILES string of the molecule is COCCN1C(=O)C(CC(=O)Nc2ccc(F)cc2)SC1=Nc1ccc(SC(F)F)cc1. The number of aliphatic imine (C=N–C) groups is 1. The third-order valence-corrected chi connectivity index (χ3v) is 6.22. The maximum absolute atomic E-state index is 13.0. The summed E-state index contributed by atoms with van der Waals surface area (Å²) in [5, 5.41) is 2.37. The first kappa shape index (κ1) is 24.1. The molecule has 1 N–H and O–H groups in total. The van der Waals surface area contributed by atoms with E-state index in [4.69, 9.17) is 4.74 Å². The predicted molar refractivity (Wildman–Crippen MR) is 120 cm³/mol. The molecule has 1 saturated heterocycles. The highest BCUT2D eigenvalue weighted by Gasteiger charge is 2.39. The fraction of sp³-hybridized carbons (Fsp3) is 0.286. The number of alkyl halides is 2. The van der Waals surface area contributed by atoms with E-state index in [1.165, 1.54) is 48.4 Å². The molecular weight excluding hydrogens is 463 g/mol. The van der Waals surface area contributed by atoms with Crippen LogP contribution in [0.15, 0.2) is 58.4 Å². The van der Waals surface area contributed by atoms with Crippen LogP contribution in [-0.4, -0.2) is 53.2 Å². The van der Waals surface area contributed by atoms with Gasteiger partial charge in [-0.25, -0.2) is 9.38 Å². The smallest absolute Gasteiger partial charge is 0.288 e. The van der Waals surface area contributed by atoms with Crippen LogP contribution >= 0.6 is 23.5 Å². The van der Waals surface area contributed by atoms with E-state index >= 15 is 0 Å². The van der Waals surface area contributed by atoms with E-state index in [-0.39, 0.29) is 31.4 Å². The summed E-state index contributed by atoms with van der Waals surface area (Å²) in [4.78, 5) is 31.6. The van der Waals surface area contributed by atoms with Crippen molar-refractivity contribution in [2.45, 2.75) is 22.3 Å². The molecule has 6 nitrogen and oxygen atoms in total. The lowest BCUT2D eigenvalue weighted by Crippen LogP contribution is -2.35. The molecular formula is C21H20F3N3O3S2. The van der Waals surface area contributed by atoms with Crippen molar-refractivity contribution >= 4 is 51.9 Å². The molecule has 1 fully saturated rings. The summed E-state index contributed by atoms with van der Waals surface area (Å²) in [5.74, 6) is -3.59. The number of nitrogens with zero attached hydrogens (tertiary/aromatic N) is 2. The monoisotopic (exact) mass is 483 g/mol. The van der Waals surface area contributed by atoms with Crippen molar-refractivity contribution in [2.75, 3.05) is 25.6 Å². The number of carbonyl (C=O) groups is 2. The summed E-state index contributed by atoms with van der Waals surface area (Å²) < 4.78 is 43.1. The molecule has 1 heterocycles. The molecule has 0 saturated carbocycles. The first-order valence-electron chi connectivity index (χ1n) is 9.51. The zero-order chi connectivity index (χ0) is 23.1. The van der Waals surface area contributed by atoms with Crippen molar-refractivity contribution in [3.8, 4) is 0 Å². The van der Waals surface area contributed by atoms with Gasteiger partial charge in [0.2, 0.25) is 11.8 Å². The first-order valence-corrected chi connectivity index (χ1v) is 11.3. The largest absolute Gasteiger partial charge is 0.383 e. The maximum Gasteiger partial charge on any atom is 0.288 e. The molecule has 2 aromatic rings. The number of ether oxygens (including phenoxy) is 1. The second kappa shape index (κ2) is 11.4. The van der Waals surface area contributed by atoms with Crippen molar-refractivity contribution in [3.63, 3.8) is 0 Å². The zero-order valence-corrected chi connectivity index (χ0v) is 18.6. The number of hydrogen-bond acceptors (Lipinski definition) is 6. The van der Waals surface area contributed by atoms with Gasteiger partial charge in [-0.15, -0.1) is 0 Å². The fourth-order valence-corrected chi connectivity index (χ4v) is 4.52. The summed E-state index contributed by atoms with van der Waals surface area (Å²) in [6, 6.07) is 11.6. The van der Waals surface area contributed by atoms with Crippen molar-refractivity contribution < 1.29 is 27.5 Å².